The third-order valence-electron chi connectivity index (χ3n) is 19.7. The highest BCUT2D eigenvalue weighted by atomic mass is 32.2. The van der Waals surface area contributed by atoms with E-state index in [1.165, 1.54) is 54.1 Å². The SMILES string of the molecule is CC(C)OC(=O)CC(O)(CC(=O)O)C(=O)O.CCCCCCCCCCC(C(=O)O)C1(C(=O)O)CCC(=O)O1.NC(N)=N[C@@H](CC(=O)O)C(=O)O.NC=N[C@@H](CC(=O)O)C(=O)O.O=C(O)C(C(=O)O)C1CCCC1.O=C(O)CCC(=O)N1CCC[C@H]1C(=O)O.O=C(O)CCCCCNC(=S)NCCCCCC(=O)O.O=C(O)CSCCCCSCC(=O)O.O=C(O)C[C@H](C(=O)O)c1ccccc1.O=CN[C@@H](CC(=O)O)C(=O)O. The summed E-state index contributed by atoms with van der Waals surface area (Å²) in [5.74, 6) is -27.3. The average molecular weight is 2180 g/mol. The van der Waals surface area contributed by atoms with Crippen LogP contribution in [-0.2, 0) is 125 Å². The van der Waals surface area contributed by atoms with Crippen LogP contribution in [0, 0.1) is 17.8 Å². The van der Waals surface area contributed by atoms with Crippen LogP contribution in [0.5, 0.6) is 0 Å². The number of esters is 2. The summed E-state index contributed by atoms with van der Waals surface area (Å²) in [5.41, 5.74) is 10.6. The monoisotopic (exact) mass is 2180 g/mol. The quantitative estimate of drug-likeness (QED) is 0.00830. The number of aliphatic hydroxyl groups is 1. The molecule has 4 rings (SSSR count). The minimum absolute atomic E-state index is 0.0342. The molecule has 2 aliphatic heterocycles. The molecule has 2 saturated heterocycles. The van der Waals surface area contributed by atoms with Crippen LogP contribution in [0.2, 0.25) is 0 Å². The van der Waals surface area contributed by atoms with Gasteiger partial charge in [-0.25, -0.2) is 33.8 Å². The van der Waals surface area contributed by atoms with Crippen LogP contribution >= 0.6 is 35.7 Å². The molecule has 2 heterocycles. The van der Waals surface area contributed by atoms with Crippen molar-refractivity contribution in [3.05, 3.63) is 35.9 Å². The molecule has 0 bridgehead atoms. The Morgan fingerprint density at radius 3 is 1.34 bits per heavy atom. The number of thiocarbonyl (C=S) groups is 1. The van der Waals surface area contributed by atoms with Crippen LogP contribution in [0.15, 0.2) is 40.3 Å². The number of carboxylic acids is 20. The largest absolute Gasteiger partial charge is 0.481 e. The van der Waals surface area contributed by atoms with Gasteiger partial charge in [-0.15, -0.1) is 0 Å². The first-order valence-corrected chi connectivity index (χ1v) is 48.5. The van der Waals surface area contributed by atoms with E-state index >= 15 is 0 Å². The van der Waals surface area contributed by atoms with Gasteiger partial charge in [-0.3, -0.25) is 91.3 Å². The lowest BCUT2D eigenvalue weighted by molar-refractivity contribution is -0.182. The molecule has 3 unspecified atom stereocenters. The number of nitrogens with two attached hydrogens (primary N) is 3. The lowest BCUT2D eigenvalue weighted by atomic mass is 9.81. The van der Waals surface area contributed by atoms with Crippen LogP contribution in [0.3, 0.4) is 0 Å². The Labute approximate surface area is 861 Å². The molecule has 8 atom stereocenters. The summed E-state index contributed by atoms with van der Waals surface area (Å²) in [5, 5.41) is 189. The Balaban J connectivity index is -0.000000382. The van der Waals surface area contributed by atoms with Gasteiger partial charge in [0.15, 0.2) is 34.7 Å². The van der Waals surface area contributed by atoms with Gasteiger partial charge in [-0.1, -0.05) is 114 Å². The molecule has 1 saturated carbocycles. The fourth-order valence-corrected chi connectivity index (χ4v) is 14.4. The summed E-state index contributed by atoms with van der Waals surface area (Å²) in [6, 6.07) is 3.55. The molecule has 56 nitrogen and oxygen atoms in total. The summed E-state index contributed by atoms with van der Waals surface area (Å²) >= 11 is 7.88. The molecule has 2 amide bonds. The second kappa shape index (κ2) is 85.8. The third-order valence-corrected chi connectivity index (χ3v) is 22.1. The summed E-state index contributed by atoms with van der Waals surface area (Å²) in [6.45, 7) is 7.16. The van der Waals surface area contributed by atoms with E-state index in [1.54, 1.807) is 44.2 Å². The molecular weight excluding hydrogens is 2040 g/mol. The number of thioether (sulfide) groups is 2. The fourth-order valence-electron chi connectivity index (χ4n) is 12.7. The molecule has 148 heavy (non-hydrogen) atoms. The number of carboxylic acid groups (broad SMARTS) is 20. The molecule has 0 radical (unpaired) electrons. The van der Waals surface area contributed by atoms with Gasteiger partial charge in [0.1, 0.15) is 18.0 Å². The molecule has 30 N–H and O–H groups in total. The van der Waals surface area contributed by atoms with Crippen molar-refractivity contribution in [3.63, 3.8) is 0 Å². The maximum absolute atomic E-state index is 11.5. The number of aliphatic carboxylic acids is 20. The number of nitrogens with zero attached hydrogens (tertiary/aromatic N) is 3. The molecular formula is C89H139N9O47S3. The predicted octanol–water partition coefficient (Wildman–Crippen LogP) is 4.11. The first-order chi connectivity index (χ1) is 69.1. The summed E-state index contributed by atoms with van der Waals surface area (Å²) < 4.78 is 9.56. The van der Waals surface area contributed by atoms with Crippen molar-refractivity contribution >= 4 is 197 Å². The van der Waals surface area contributed by atoms with Crippen molar-refractivity contribution < 1.29 is 232 Å². The van der Waals surface area contributed by atoms with Gasteiger partial charge < -0.3 is 155 Å². The minimum Gasteiger partial charge on any atom is -0.481 e. The number of ether oxygens (including phenoxy) is 2. The van der Waals surface area contributed by atoms with Crippen molar-refractivity contribution in [2.24, 2.45) is 44.9 Å². The number of likely N-dealkylation sites (tertiary alicyclic amines) is 1. The fraction of sp³-hybridized carbons (Fsp3) is 0.629. The molecule has 1 aromatic carbocycles. The molecule has 59 heteroatoms. The molecule has 1 aromatic rings. The second-order valence-electron chi connectivity index (χ2n) is 32.2. The van der Waals surface area contributed by atoms with Crippen LogP contribution in [0.1, 0.15) is 257 Å². The Hall–Kier alpha value is -14.4. The number of hydrogen-bond acceptors (Lipinski definition) is 32. The van der Waals surface area contributed by atoms with Crippen molar-refractivity contribution in [3.8, 4) is 0 Å². The van der Waals surface area contributed by atoms with E-state index in [0.717, 1.165) is 114 Å². The third kappa shape index (κ3) is 79.9. The zero-order valence-electron chi connectivity index (χ0n) is 81.7. The van der Waals surface area contributed by atoms with Gasteiger partial charge in [0.05, 0.1) is 74.8 Å². The second-order valence-corrected chi connectivity index (χ2v) is 34.9. The van der Waals surface area contributed by atoms with E-state index in [0.29, 0.717) is 49.3 Å². The van der Waals surface area contributed by atoms with E-state index in [-0.39, 0.29) is 81.1 Å². The van der Waals surface area contributed by atoms with Crippen molar-refractivity contribution in [2.75, 3.05) is 42.6 Å². The van der Waals surface area contributed by atoms with Crippen LogP contribution < -0.4 is 33.2 Å². The number of carbonyl (C=O) groups is 24. The summed E-state index contributed by atoms with van der Waals surface area (Å²) in [6.07, 6.45) is 16.4. The number of aliphatic imine (C=N–C) groups is 2. The highest BCUT2D eigenvalue weighted by Crippen LogP contribution is 2.38. The smallest absolute Gasteiger partial charge is 0.349 e. The van der Waals surface area contributed by atoms with E-state index in [9.17, 15) is 130 Å². The van der Waals surface area contributed by atoms with E-state index in [2.05, 4.69) is 32.3 Å². The number of hydrogen-bond donors (Lipinski definition) is 27. The number of rotatable bonds is 63. The van der Waals surface area contributed by atoms with Crippen molar-refractivity contribution in [1.82, 2.24) is 20.9 Å². The number of guanidine groups is 1. The zero-order chi connectivity index (χ0) is 115. The van der Waals surface area contributed by atoms with Gasteiger partial charge in [-0.2, -0.15) is 23.5 Å². The minimum atomic E-state index is -2.63. The van der Waals surface area contributed by atoms with Gasteiger partial charge in [0.25, 0.3) is 0 Å². The first kappa shape index (κ1) is 144. The van der Waals surface area contributed by atoms with Crippen molar-refractivity contribution in [2.45, 2.75) is 293 Å². The lowest BCUT2D eigenvalue weighted by Crippen LogP contribution is -2.49. The highest BCUT2D eigenvalue weighted by molar-refractivity contribution is 8.00. The normalized spacial score (nSPS) is 14.7. The molecule has 840 valence electrons. The van der Waals surface area contributed by atoms with Gasteiger partial charge in [-0.05, 0) is 120 Å². The van der Waals surface area contributed by atoms with E-state index < -0.39 is 229 Å². The Bertz CT molecular complexity index is 4340. The lowest BCUT2D eigenvalue weighted by Gasteiger charge is -2.29. The van der Waals surface area contributed by atoms with E-state index in [4.69, 9.17) is 126 Å². The van der Waals surface area contributed by atoms with Crippen LogP contribution in [0.4, 0.5) is 0 Å². The first-order valence-electron chi connectivity index (χ1n) is 45.7. The summed E-state index contributed by atoms with van der Waals surface area (Å²) in [4.78, 5) is 260. The maximum Gasteiger partial charge on any atom is 0.349 e. The average Bonchev–Trinajstić information content (AvgIpc) is 1.74. The number of nitrogens with one attached hydrogen (secondary N) is 3. The highest BCUT2D eigenvalue weighted by Gasteiger charge is 2.56. The zero-order valence-corrected chi connectivity index (χ0v) is 84.2. The number of carbonyl (C=O) groups excluding carboxylic acids is 4. The topological polar surface area (TPSA) is 995 Å². The number of cyclic esters (lactones) is 1. The van der Waals surface area contributed by atoms with Crippen LogP contribution in [0.25, 0.3) is 0 Å². The Morgan fingerprint density at radius 2 is 0.986 bits per heavy atom. The molecule has 3 aliphatic rings. The number of amides is 2. The number of benzene rings is 1. The Morgan fingerprint density at radius 1 is 0.527 bits per heavy atom. The van der Waals surface area contributed by atoms with Crippen molar-refractivity contribution in [1.29, 1.82) is 0 Å². The standard InChI is InChI=1S/C17H28O6.C13H24N2O4S.C10H10O4.C9H13NO5.C9H14O7.C8H14O4S2.C8H12O4.C5H9N3O4.C5H8N2O4.C5H7NO5/c1-2-3-4-5-6-7-8-9-10-13(15(19)20)17(16(21)22)12-11-14(18)23-17;16-11(17)7-3-1-5-9-14-13(20)15-10-6-2-4-8-12(18)19;11-9(12)6-8(10(13)14)7-4-2-1-3-5-7;11-7(3-4-8(12)13)10-5-1-2-6(10)9(14)15;1-5(2)16-7(12)4-9(15,8(13)14)3-6(10)11;9-7(10)5-13-3-1-2-4-14-6-8(11)12;9-7(10)6(8(11)12)5-3-1-2-4-5;6-5(7)8-2(4(11)12)1-3(9)10;6-2-7-3(5(10)11)1-4(8)9;7-2-6-3(5(10)11)1-4(8)9/h13H,2-12H2,1H3,(H,19,20)(H,21,22);1-10H2,(H,16,17)(H,18,19)(H2,14,15,20);1-5,8H,6H2,(H,11,12)(H,13,14);6H,1-5H2,(H,12,13)(H,14,15);5,15H,3-4H2,1-2H3,(H,10,11)(H,13,14);1-6H2,(H,9,10)(H,11,12);5-6H,1-4H2,(H,9,10)(H,11,12);2H,1H2,(H,9,10)(H,11,12)(H4,6,7,8);2-3H,1H2,(H2,6,7)(H,8,9)(H,10,11);2-3H,1H2,(H,6,7)(H,8,9)(H,10,11)/t;;8-;6-;;;;2-;2*3-/m..00...000/s1. The molecule has 0 aromatic heterocycles. The number of unbranched alkanes of at least 4 members (excludes halogenated alkanes) is 12. The van der Waals surface area contributed by atoms with E-state index in [1.807, 2.05) is 5.32 Å². The van der Waals surface area contributed by atoms with Gasteiger partial charge >= 0.3 is 131 Å². The molecule has 3 fully saturated rings. The predicted molar refractivity (Wildman–Crippen MR) is 522 cm³/mol. The molecule has 0 spiro atoms. The maximum atomic E-state index is 11.5. The van der Waals surface area contributed by atoms with Crippen LogP contribution in [-0.4, -0.2) is 357 Å². The summed E-state index contributed by atoms with van der Waals surface area (Å²) in [7, 11) is 0. The molecule has 1 aliphatic carbocycles. The van der Waals surface area contributed by atoms with Gasteiger partial charge in [0.2, 0.25) is 17.9 Å². The van der Waals surface area contributed by atoms with Gasteiger partial charge in [0, 0.05) is 51.7 Å². The Kier molecular flexibility index (Phi) is 83.6.